The molecular formula is C27H36N4O4. The summed E-state index contributed by atoms with van der Waals surface area (Å²) in [7, 11) is 0. The number of hydrogen-bond acceptors (Lipinski definition) is 4. The maximum Gasteiger partial charge on any atom is 0.283 e. The summed E-state index contributed by atoms with van der Waals surface area (Å²) in [4.78, 5) is 25.8. The van der Waals surface area contributed by atoms with Crippen LogP contribution in [0.4, 0.5) is 11.4 Å². The van der Waals surface area contributed by atoms with E-state index in [1.165, 1.54) is 0 Å². The second-order valence-electron chi connectivity index (χ2n) is 10.2. The van der Waals surface area contributed by atoms with Crippen LogP contribution < -0.4 is 10.6 Å². The molecule has 4 rings (SSSR count). The van der Waals surface area contributed by atoms with Gasteiger partial charge in [-0.1, -0.05) is 35.4 Å². The fourth-order valence-corrected chi connectivity index (χ4v) is 5.44. The van der Waals surface area contributed by atoms with E-state index in [1.807, 2.05) is 62.4 Å². The Balaban J connectivity index is 1.33. The summed E-state index contributed by atoms with van der Waals surface area (Å²) in [6.45, 7) is 5.13. The zero-order valence-corrected chi connectivity index (χ0v) is 20.7. The number of quaternary nitrogens is 2. The zero-order chi connectivity index (χ0) is 25.1. The van der Waals surface area contributed by atoms with Gasteiger partial charge in [0.05, 0.1) is 26.2 Å². The van der Waals surface area contributed by atoms with Crippen LogP contribution in [0.5, 0.6) is 0 Å². The summed E-state index contributed by atoms with van der Waals surface area (Å²) >= 11 is 0. The molecule has 2 aliphatic rings. The number of amides is 2. The van der Waals surface area contributed by atoms with Crippen molar-refractivity contribution in [2.75, 3.05) is 36.8 Å². The average molecular weight is 481 g/mol. The van der Waals surface area contributed by atoms with Crippen molar-refractivity contribution in [1.29, 1.82) is 0 Å². The third kappa shape index (κ3) is 5.90. The van der Waals surface area contributed by atoms with Gasteiger partial charge in [-0.25, -0.2) is 0 Å². The number of carbonyl (C=O) groups is 2. The lowest BCUT2D eigenvalue weighted by molar-refractivity contribution is -0.902. The number of aryl methyl sites for hydroxylation is 2. The van der Waals surface area contributed by atoms with E-state index in [0.717, 1.165) is 11.1 Å². The first kappa shape index (κ1) is 25.3. The van der Waals surface area contributed by atoms with E-state index in [-0.39, 0.29) is 24.9 Å². The highest BCUT2D eigenvalue weighted by Gasteiger charge is 2.43. The number of carbonyl (C=O) groups excluding carboxylic acids is 2. The molecule has 2 N–H and O–H groups in total. The van der Waals surface area contributed by atoms with E-state index >= 15 is 0 Å². The minimum atomic E-state index is -0.671. The zero-order valence-electron chi connectivity index (χ0n) is 20.7. The summed E-state index contributed by atoms with van der Waals surface area (Å²) in [5.74, 6) is -0.521. The Morgan fingerprint density at radius 3 is 1.49 bits per heavy atom. The first-order chi connectivity index (χ1) is 16.7. The quantitative estimate of drug-likeness (QED) is 0.436. The first-order valence-corrected chi connectivity index (χ1v) is 12.6. The second kappa shape index (κ2) is 10.5. The van der Waals surface area contributed by atoms with Crippen LogP contribution in [0, 0.1) is 24.3 Å². The number of nitrogens with one attached hydrogen (secondary N) is 2. The summed E-state index contributed by atoms with van der Waals surface area (Å²) < 4.78 is -1.20. The minimum Gasteiger partial charge on any atom is -0.632 e. The molecule has 0 bridgehead atoms. The fourth-order valence-electron chi connectivity index (χ4n) is 5.44. The van der Waals surface area contributed by atoms with Gasteiger partial charge in [0.15, 0.2) is 12.1 Å². The molecule has 4 atom stereocenters. The molecule has 2 aromatic carbocycles. The highest BCUT2D eigenvalue weighted by atomic mass is 16.6. The van der Waals surface area contributed by atoms with Gasteiger partial charge in [-0.05, 0) is 38.1 Å². The lowest BCUT2D eigenvalue weighted by atomic mass is 10.1. The van der Waals surface area contributed by atoms with Crippen molar-refractivity contribution in [2.24, 2.45) is 0 Å². The van der Waals surface area contributed by atoms with Gasteiger partial charge in [-0.15, -0.1) is 0 Å². The van der Waals surface area contributed by atoms with Crippen molar-refractivity contribution in [3.05, 3.63) is 70.1 Å². The molecule has 0 saturated carbocycles. The summed E-state index contributed by atoms with van der Waals surface area (Å²) in [5.41, 5.74) is 3.56. The number of anilines is 2. The summed E-state index contributed by atoms with van der Waals surface area (Å²) in [5, 5.41) is 32.9. The summed E-state index contributed by atoms with van der Waals surface area (Å²) in [6.07, 6.45) is 2.85. The molecule has 35 heavy (non-hydrogen) atoms. The van der Waals surface area contributed by atoms with E-state index in [2.05, 4.69) is 10.6 Å². The molecule has 0 radical (unpaired) electrons. The third-order valence-electron chi connectivity index (χ3n) is 7.48. The normalized spacial score (nSPS) is 28.1. The Morgan fingerprint density at radius 2 is 1.11 bits per heavy atom. The lowest BCUT2D eigenvalue weighted by Crippen LogP contribution is -2.55. The van der Waals surface area contributed by atoms with Gasteiger partial charge < -0.3 is 30.3 Å². The Hall–Kier alpha value is -2.78. The van der Waals surface area contributed by atoms with Gasteiger partial charge in [0.25, 0.3) is 11.8 Å². The van der Waals surface area contributed by atoms with Gasteiger partial charge in [-0.3, -0.25) is 9.59 Å². The minimum absolute atomic E-state index is 0.209. The van der Waals surface area contributed by atoms with Crippen LogP contribution in [0.15, 0.2) is 48.5 Å². The Kier molecular flexibility index (Phi) is 7.56. The fraction of sp³-hybridized carbons (Fsp3) is 0.481. The van der Waals surface area contributed by atoms with Crippen LogP contribution in [-0.2, 0) is 9.59 Å². The standard InChI is InChI=1S/C27H36N4O4/c1-20-8-12-22(13-9-20)28-26(32)24-6-3-16-30(24,34)18-5-19-31(35)17-4-7-25(31)27(33)29-23-14-10-21(2)11-15-23/h8-15,24-25H,3-7,16-19H2,1-2H3,(H,28,32)(H,29,33)/t24-,25-,30?,31?/m0/s1. The van der Waals surface area contributed by atoms with Gasteiger partial charge in [0, 0.05) is 43.5 Å². The van der Waals surface area contributed by atoms with Crippen molar-refractivity contribution >= 4 is 23.2 Å². The molecule has 2 heterocycles. The van der Waals surface area contributed by atoms with Crippen molar-refractivity contribution in [2.45, 2.75) is 58.0 Å². The number of nitrogens with zero attached hydrogens (tertiary/aromatic N) is 2. The number of hydrogen-bond donors (Lipinski definition) is 2. The van der Waals surface area contributed by atoms with Crippen molar-refractivity contribution in [3.63, 3.8) is 0 Å². The van der Waals surface area contributed by atoms with E-state index in [1.54, 1.807) is 0 Å². The maximum atomic E-state index is 13.6. The molecule has 8 nitrogen and oxygen atoms in total. The van der Waals surface area contributed by atoms with Gasteiger partial charge in [0.2, 0.25) is 0 Å². The topological polar surface area (TPSA) is 104 Å². The largest absolute Gasteiger partial charge is 0.632 e. The predicted octanol–water partition coefficient (Wildman–Crippen LogP) is 4.22. The molecule has 2 aliphatic heterocycles. The molecule has 2 unspecified atom stereocenters. The van der Waals surface area contributed by atoms with Gasteiger partial charge in [-0.2, -0.15) is 0 Å². The van der Waals surface area contributed by atoms with Crippen LogP contribution >= 0.6 is 0 Å². The predicted molar refractivity (Wildman–Crippen MR) is 137 cm³/mol. The van der Waals surface area contributed by atoms with Crippen LogP contribution in [0.3, 0.4) is 0 Å². The first-order valence-electron chi connectivity index (χ1n) is 12.6. The molecular weight excluding hydrogens is 444 g/mol. The monoisotopic (exact) mass is 480 g/mol. The molecule has 8 heteroatoms. The number of hydroxylamine groups is 6. The SMILES string of the molecule is Cc1ccc(NC(=O)[C@@H]2CCC[N+]2([O-])CCC[N+]2([O-])CCC[C@H]2C(=O)Nc2ccc(C)cc2)cc1. The van der Waals surface area contributed by atoms with E-state index in [9.17, 15) is 20.0 Å². The Bertz CT molecular complexity index is 959. The highest BCUT2D eigenvalue weighted by Crippen LogP contribution is 2.31. The maximum absolute atomic E-state index is 13.6. The van der Waals surface area contributed by atoms with E-state index < -0.39 is 21.4 Å². The van der Waals surface area contributed by atoms with Crippen LogP contribution in [0.2, 0.25) is 0 Å². The third-order valence-corrected chi connectivity index (χ3v) is 7.48. The Morgan fingerprint density at radius 1 is 0.743 bits per heavy atom. The number of benzene rings is 2. The van der Waals surface area contributed by atoms with E-state index in [4.69, 9.17) is 0 Å². The lowest BCUT2D eigenvalue weighted by Gasteiger charge is -2.46. The Labute approximate surface area is 207 Å². The van der Waals surface area contributed by atoms with Crippen LogP contribution in [-0.4, -0.2) is 59.4 Å². The average Bonchev–Trinajstić information content (AvgIpc) is 3.40. The van der Waals surface area contributed by atoms with Crippen molar-refractivity contribution < 1.29 is 18.9 Å². The number of rotatable bonds is 8. The van der Waals surface area contributed by atoms with Crippen molar-refractivity contribution in [3.8, 4) is 0 Å². The molecule has 2 saturated heterocycles. The second-order valence-corrected chi connectivity index (χ2v) is 10.2. The molecule has 0 spiro atoms. The van der Waals surface area contributed by atoms with Crippen molar-refractivity contribution in [1.82, 2.24) is 0 Å². The van der Waals surface area contributed by atoms with Crippen LogP contribution in [0.25, 0.3) is 0 Å². The van der Waals surface area contributed by atoms with Gasteiger partial charge >= 0.3 is 0 Å². The molecule has 188 valence electrons. The van der Waals surface area contributed by atoms with Gasteiger partial charge in [0.1, 0.15) is 0 Å². The van der Waals surface area contributed by atoms with Crippen LogP contribution in [0.1, 0.15) is 43.2 Å². The summed E-state index contributed by atoms with van der Waals surface area (Å²) in [6, 6.07) is 13.7. The molecule has 0 aromatic heterocycles. The molecule has 2 aromatic rings. The molecule has 0 aliphatic carbocycles. The molecule has 2 amide bonds. The number of likely N-dealkylation sites (tertiary alicyclic amines) is 2. The smallest absolute Gasteiger partial charge is 0.283 e. The molecule has 2 fully saturated rings. The van der Waals surface area contributed by atoms with E-state index in [0.29, 0.717) is 56.6 Å². The highest BCUT2D eigenvalue weighted by molar-refractivity contribution is 5.94.